The molecule has 0 aliphatic carbocycles. The van der Waals surface area contributed by atoms with Crippen molar-refractivity contribution in [2.45, 2.75) is 18.8 Å². The Bertz CT molecular complexity index is 599. The summed E-state index contributed by atoms with van der Waals surface area (Å²) in [5.74, 6) is -1.93. The zero-order valence-electron chi connectivity index (χ0n) is 10.7. The molecule has 1 N–H and O–H groups in total. The molecule has 104 valence electrons. The zero-order valence-corrected chi connectivity index (χ0v) is 11.5. The van der Waals surface area contributed by atoms with Crippen molar-refractivity contribution in [3.63, 3.8) is 0 Å². The fourth-order valence-electron chi connectivity index (χ4n) is 2.12. The van der Waals surface area contributed by atoms with E-state index in [2.05, 4.69) is 0 Å². The largest absolute Gasteiger partial charge is 0.481 e. The van der Waals surface area contributed by atoms with Crippen LogP contribution in [0.1, 0.15) is 23.5 Å². The van der Waals surface area contributed by atoms with Crippen molar-refractivity contribution in [3.8, 4) is 0 Å². The minimum atomic E-state index is -0.870. The van der Waals surface area contributed by atoms with Crippen molar-refractivity contribution >= 4 is 17.6 Å². The van der Waals surface area contributed by atoms with Crippen molar-refractivity contribution in [2.75, 3.05) is 0 Å². The van der Waals surface area contributed by atoms with E-state index < -0.39 is 17.7 Å². The molecule has 2 rings (SSSR count). The number of aryl methyl sites for hydroxylation is 1. The van der Waals surface area contributed by atoms with Gasteiger partial charge in [-0.15, -0.1) is 0 Å². The molecule has 0 spiro atoms. The quantitative estimate of drug-likeness (QED) is 0.893. The van der Waals surface area contributed by atoms with Gasteiger partial charge in [0.05, 0.1) is 10.9 Å². The number of carboxylic acid groups (broad SMARTS) is 1. The lowest BCUT2D eigenvalue weighted by atomic mass is 9.92. The third-order valence-electron chi connectivity index (χ3n) is 3.21. The predicted molar refractivity (Wildman–Crippen MR) is 76.5 cm³/mol. The van der Waals surface area contributed by atoms with Gasteiger partial charge in [-0.3, -0.25) is 4.79 Å². The molecule has 1 unspecified atom stereocenters. The molecule has 2 aromatic rings. The molecule has 2 aromatic carbocycles. The Morgan fingerprint density at radius 3 is 2.50 bits per heavy atom. The predicted octanol–water partition coefficient (Wildman–Crippen LogP) is 4.28. The molecular weight excluding hydrogens is 279 g/mol. The Morgan fingerprint density at radius 2 is 1.90 bits per heavy atom. The van der Waals surface area contributed by atoms with Gasteiger partial charge >= 0.3 is 5.97 Å². The summed E-state index contributed by atoms with van der Waals surface area (Å²) in [6.07, 6.45) is 0.903. The Labute approximate surface area is 121 Å². The van der Waals surface area contributed by atoms with E-state index in [1.54, 1.807) is 18.2 Å². The number of carboxylic acids is 1. The van der Waals surface area contributed by atoms with Crippen molar-refractivity contribution in [1.82, 2.24) is 0 Å². The molecule has 4 heteroatoms. The van der Waals surface area contributed by atoms with Crippen molar-refractivity contribution in [1.29, 1.82) is 0 Å². The van der Waals surface area contributed by atoms with Crippen molar-refractivity contribution in [2.24, 2.45) is 0 Å². The molecule has 0 heterocycles. The average Bonchev–Trinajstić information content (AvgIpc) is 2.44. The number of carbonyl (C=O) groups is 1. The third-order valence-corrected chi connectivity index (χ3v) is 3.51. The highest BCUT2D eigenvalue weighted by molar-refractivity contribution is 6.30. The van der Waals surface area contributed by atoms with Crippen LogP contribution in [0.4, 0.5) is 4.39 Å². The molecule has 0 aliphatic rings. The topological polar surface area (TPSA) is 37.3 Å². The SMILES string of the molecule is O=C(O)C(CCc1ccc(Cl)c(F)c1)c1ccccc1. The molecule has 0 saturated carbocycles. The molecule has 20 heavy (non-hydrogen) atoms. The summed E-state index contributed by atoms with van der Waals surface area (Å²) in [6, 6.07) is 13.6. The Morgan fingerprint density at radius 1 is 1.20 bits per heavy atom. The average molecular weight is 293 g/mol. The van der Waals surface area contributed by atoms with Crippen LogP contribution in [0.15, 0.2) is 48.5 Å². The monoisotopic (exact) mass is 292 g/mol. The summed E-state index contributed by atoms with van der Waals surface area (Å²) < 4.78 is 13.3. The lowest BCUT2D eigenvalue weighted by molar-refractivity contribution is -0.138. The van der Waals surface area contributed by atoms with Crippen LogP contribution >= 0.6 is 11.6 Å². The van der Waals surface area contributed by atoms with Gasteiger partial charge < -0.3 is 5.11 Å². The van der Waals surface area contributed by atoms with Crippen LogP contribution in [0.3, 0.4) is 0 Å². The first-order chi connectivity index (χ1) is 9.58. The molecule has 0 amide bonds. The first-order valence-corrected chi connectivity index (χ1v) is 6.67. The fraction of sp³-hybridized carbons (Fsp3) is 0.188. The maximum absolute atomic E-state index is 13.3. The summed E-state index contributed by atoms with van der Waals surface area (Å²) in [4.78, 5) is 11.3. The van der Waals surface area contributed by atoms with Gasteiger partial charge in [-0.2, -0.15) is 0 Å². The summed E-state index contributed by atoms with van der Waals surface area (Å²) in [7, 11) is 0. The van der Waals surface area contributed by atoms with Crippen molar-refractivity contribution in [3.05, 3.63) is 70.5 Å². The minimum Gasteiger partial charge on any atom is -0.481 e. The van der Waals surface area contributed by atoms with Crippen LogP contribution in [-0.2, 0) is 11.2 Å². The Balaban J connectivity index is 2.10. The third kappa shape index (κ3) is 3.58. The second-order valence-electron chi connectivity index (χ2n) is 4.59. The number of halogens is 2. The second-order valence-corrected chi connectivity index (χ2v) is 5.00. The van der Waals surface area contributed by atoms with Crippen molar-refractivity contribution < 1.29 is 14.3 Å². The molecule has 0 fully saturated rings. The molecule has 0 radical (unpaired) electrons. The summed E-state index contributed by atoms with van der Waals surface area (Å²) in [5.41, 5.74) is 1.50. The normalized spacial score (nSPS) is 12.1. The molecular formula is C16H14ClFO2. The highest BCUT2D eigenvalue weighted by Crippen LogP contribution is 2.23. The highest BCUT2D eigenvalue weighted by Gasteiger charge is 2.19. The smallest absolute Gasteiger partial charge is 0.310 e. The van der Waals surface area contributed by atoms with Gasteiger partial charge in [0.2, 0.25) is 0 Å². The van der Waals surface area contributed by atoms with Gasteiger partial charge in [0.25, 0.3) is 0 Å². The molecule has 0 aliphatic heterocycles. The molecule has 0 saturated heterocycles. The zero-order chi connectivity index (χ0) is 14.5. The summed E-state index contributed by atoms with van der Waals surface area (Å²) in [6.45, 7) is 0. The molecule has 1 atom stereocenters. The van der Waals surface area contributed by atoms with Crippen LogP contribution < -0.4 is 0 Å². The van der Waals surface area contributed by atoms with Gasteiger partial charge in [0, 0.05) is 0 Å². The van der Waals surface area contributed by atoms with E-state index in [0.29, 0.717) is 12.8 Å². The number of rotatable bonds is 5. The van der Waals surface area contributed by atoms with E-state index >= 15 is 0 Å². The summed E-state index contributed by atoms with van der Waals surface area (Å²) in [5, 5.41) is 9.38. The molecule has 2 nitrogen and oxygen atoms in total. The number of aliphatic carboxylic acids is 1. The Hall–Kier alpha value is -1.87. The first-order valence-electron chi connectivity index (χ1n) is 6.29. The molecule has 0 aromatic heterocycles. The van der Waals surface area contributed by atoms with Gasteiger partial charge in [-0.1, -0.05) is 48.0 Å². The van der Waals surface area contributed by atoms with Gasteiger partial charge in [0.15, 0.2) is 0 Å². The maximum atomic E-state index is 13.3. The van der Waals surface area contributed by atoms with E-state index in [1.165, 1.54) is 12.1 Å². The number of benzene rings is 2. The van der Waals surface area contributed by atoms with E-state index in [4.69, 9.17) is 11.6 Å². The number of hydrogen-bond acceptors (Lipinski definition) is 1. The summed E-state index contributed by atoms with van der Waals surface area (Å²) >= 11 is 5.62. The van der Waals surface area contributed by atoms with E-state index in [1.807, 2.05) is 18.2 Å². The van der Waals surface area contributed by atoms with E-state index in [-0.39, 0.29) is 5.02 Å². The van der Waals surface area contributed by atoms with Crippen LogP contribution in [0.5, 0.6) is 0 Å². The lowest BCUT2D eigenvalue weighted by Crippen LogP contribution is -2.12. The highest BCUT2D eigenvalue weighted by atomic mass is 35.5. The van der Waals surface area contributed by atoms with Crippen LogP contribution in [0.25, 0.3) is 0 Å². The van der Waals surface area contributed by atoms with Gasteiger partial charge in [0.1, 0.15) is 5.82 Å². The van der Waals surface area contributed by atoms with E-state index in [9.17, 15) is 14.3 Å². The van der Waals surface area contributed by atoms with Gasteiger partial charge in [-0.05, 0) is 36.1 Å². The van der Waals surface area contributed by atoms with E-state index in [0.717, 1.165) is 11.1 Å². The first kappa shape index (κ1) is 14.5. The Kier molecular flexibility index (Phi) is 4.74. The standard InChI is InChI=1S/C16H14ClFO2/c17-14-9-7-11(10-15(14)18)6-8-13(16(19)20)12-4-2-1-3-5-12/h1-5,7,9-10,13H,6,8H2,(H,19,20). The minimum absolute atomic E-state index is 0.0755. The maximum Gasteiger partial charge on any atom is 0.310 e. The number of hydrogen-bond donors (Lipinski definition) is 1. The van der Waals surface area contributed by atoms with Crippen LogP contribution in [0, 0.1) is 5.82 Å². The molecule has 0 bridgehead atoms. The fourth-order valence-corrected chi connectivity index (χ4v) is 2.24. The van der Waals surface area contributed by atoms with Gasteiger partial charge in [-0.25, -0.2) is 4.39 Å². The van der Waals surface area contributed by atoms with Crippen LogP contribution in [-0.4, -0.2) is 11.1 Å². The van der Waals surface area contributed by atoms with Crippen LogP contribution in [0.2, 0.25) is 5.02 Å². The second kappa shape index (κ2) is 6.53. The lowest BCUT2D eigenvalue weighted by Gasteiger charge is -2.12.